The minimum atomic E-state index is -1.17. The highest BCUT2D eigenvalue weighted by Crippen LogP contribution is 2.38. The van der Waals surface area contributed by atoms with E-state index in [2.05, 4.69) is 80.0 Å². The van der Waals surface area contributed by atoms with Gasteiger partial charge in [0, 0.05) is 60.1 Å². The molecule has 57 heavy (non-hydrogen) atoms. The summed E-state index contributed by atoms with van der Waals surface area (Å²) in [7, 11) is -2.68. The molecule has 2 aromatic carbocycles. The maximum Gasteiger partial charge on any atom is 0.494 e. The number of carbonyl (C=O) groups is 3. The van der Waals surface area contributed by atoms with Crippen molar-refractivity contribution in [3.63, 3.8) is 0 Å². The van der Waals surface area contributed by atoms with E-state index in [-0.39, 0.29) is 36.9 Å². The molecule has 0 spiro atoms. The quantitative estimate of drug-likeness (QED) is 0.168. The number of aryl methyl sites for hydroxylation is 2. The SMILES string of the molecule is CC1(C)OB(c2ccc3c(c2)CCC(=O)N3COCC[Si](C)(C)C)OC1(C)C.CC1CC=C(c2ccc3c(c2)CCC(=O)N3COCC[Si](C)(C)C)N(C(=O)O)C1. The lowest BCUT2D eigenvalue weighted by Gasteiger charge is -2.32. The third-order valence-corrected chi connectivity index (χ3v) is 15.0. The Kier molecular flexibility index (Phi) is 14.1. The number of nitrogens with zero attached hydrogens (tertiary/aromatic N) is 3. The Morgan fingerprint density at radius 2 is 1.28 bits per heavy atom. The smallest absolute Gasteiger partial charge is 0.465 e. The van der Waals surface area contributed by atoms with E-state index in [9.17, 15) is 19.5 Å². The van der Waals surface area contributed by atoms with Crippen LogP contribution in [0.5, 0.6) is 0 Å². The van der Waals surface area contributed by atoms with Gasteiger partial charge in [-0.2, -0.15) is 0 Å². The molecule has 14 heteroatoms. The second-order valence-electron chi connectivity index (χ2n) is 19.5. The van der Waals surface area contributed by atoms with Crippen molar-refractivity contribution >= 4 is 63.7 Å². The normalized spacial score (nSPS) is 20.5. The van der Waals surface area contributed by atoms with Crippen LogP contribution in [0.2, 0.25) is 51.4 Å². The highest BCUT2D eigenvalue weighted by molar-refractivity contribution is 6.76. The van der Waals surface area contributed by atoms with Crippen LogP contribution in [0.1, 0.15) is 70.6 Å². The predicted octanol–water partition coefficient (Wildman–Crippen LogP) is 8.22. The van der Waals surface area contributed by atoms with Gasteiger partial charge in [-0.3, -0.25) is 24.3 Å². The van der Waals surface area contributed by atoms with E-state index in [0.29, 0.717) is 51.7 Å². The Bertz CT molecular complexity index is 1810. The summed E-state index contributed by atoms with van der Waals surface area (Å²) in [5.41, 5.74) is 5.97. The molecule has 4 aliphatic heterocycles. The van der Waals surface area contributed by atoms with E-state index in [0.717, 1.165) is 64.2 Å². The number of benzene rings is 2. The zero-order valence-corrected chi connectivity index (χ0v) is 38.3. The Labute approximate surface area is 343 Å². The summed E-state index contributed by atoms with van der Waals surface area (Å²) in [6.07, 6.45) is 4.33. The molecule has 4 heterocycles. The van der Waals surface area contributed by atoms with Crippen LogP contribution in [-0.2, 0) is 41.2 Å². The van der Waals surface area contributed by atoms with E-state index in [1.54, 1.807) is 9.80 Å². The number of hydrogen-bond donors (Lipinski definition) is 1. The van der Waals surface area contributed by atoms with Crippen LogP contribution < -0.4 is 15.3 Å². The van der Waals surface area contributed by atoms with Crippen molar-refractivity contribution in [2.45, 2.75) is 129 Å². The van der Waals surface area contributed by atoms with Crippen LogP contribution in [0.15, 0.2) is 42.5 Å². The average Bonchev–Trinajstić information content (AvgIpc) is 3.34. The van der Waals surface area contributed by atoms with Gasteiger partial charge >= 0.3 is 13.2 Å². The minimum Gasteiger partial charge on any atom is -0.465 e. The van der Waals surface area contributed by atoms with Crippen LogP contribution in [0.4, 0.5) is 16.2 Å². The first-order valence-corrected chi connectivity index (χ1v) is 28.1. The number of carbonyl (C=O) groups excluding carboxylic acids is 2. The summed E-state index contributed by atoms with van der Waals surface area (Å²) in [5.74, 6) is 0.522. The molecule has 0 radical (unpaired) electrons. The molecule has 0 saturated carbocycles. The molecule has 6 rings (SSSR count). The molecular weight excluding hydrogens is 753 g/mol. The third-order valence-electron chi connectivity index (χ3n) is 11.6. The first kappa shape index (κ1) is 44.8. The van der Waals surface area contributed by atoms with Crippen LogP contribution >= 0.6 is 0 Å². The van der Waals surface area contributed by atoms with Gasteiger partial charge in [0.2, 0.25) is 11.8 Å². The number of hydrogen-bond acceptors (Lipinski definition) is 7. The van der Waals surface area contributed by atoms with Gasteiger partial charge in [-0.25, -0.2) is 4.79 Å². The molecule has 11 nitrogen and oxygen atoms in total. The Hall–Kier alpha value is -3.27. The maximum absolute atomic E-state index is 12.5. The van der Waals surface area contributed by atoms with E-state index in [1.165, 1.54) is 4.90 Å². The van der Waals surface area contributed by atoms with Crippen molar-refractivity contribution in [1.82, 2.24) is 4.90 Å². The molecule has 0 aromatic heterocycles. The first-order valence-electron chi connectivity index (χ1n) is 20.6. The van der Waals surface area contributed by atoms with Crippen molar-refractivity contribution in [3.8, 4) is 0 Å². The van der Waals surface area contributed by atoms with Crippen molar-refractivity contribution in [2.75, 3.05) is 43.0 Å². The Balaban J connectivity index is 0.000000218. The molecule has 0 aliphatic carbocycles. The van der Waals surface area contributed by atoms with Crippen molar-refractivity contribution < 1.29 is 38.3 Å². The standard InChI is InChI=1S/C22H32N2O4Si.C21H34BNO4Si/c1-16-5-8-19(23(14-16)22(26)27)17-6-9-20-18(13-17)7-10-21(25)24(20)15-28-11-12-29(2,3)4;1-20(2)21(3,4)27-22(26-20)17-9-10-18-16(14-17)8-11-19(24)23(18)15-25-12-13-28(5,6)7/h6,8-9,13,16H,5,7,10-12,14-15H2,1-4H3,(H,26,27);9-10,14H,8,11-13,15H2,1-7H3. The number of rotatable bonds is 12. The fraction of sp³-hybridized carbons (Fsp3) is 0.605. The zero-order valence-electron chi connectivity index (χ0n) is 36.3. The van der Waals surface area contributed by atoms with Gasteiger partial charge in [0.15, 0.2) is 0 Å². The van der Waals surface area contributed by atoms with Gasteiger partial charge in [-0.15, -0.1) is 0 Å². The molecule has 4 aliphatic rings. The van der Waals surface area contributed by atoms with Crippen molar-refractivity contribution in [2.24, 2.45) is 5.92 Å². The van der Waals surface area contributed by atoms with Gasteiger partial charge in [0.25, 0.3) is 0 Å². The van der Waals surface area contributed by atoms with E-state index < -0.39 is 22.2 Å². The maximum atomic E-state index is 12.5. The predicted molar refractivity (Wildman–Crippen MR) is 235 cm³/mol. The van der Waals surface area contributed by atoms with Gasteiger partial charge in [-0.05, 0) is 105 Å². The fourth-order valence-electron chi connectivity index (χ4n) is 7.14. The molecule has 312 valence electrons. The molecule has 1 saturated heterocycles. The van der Waals surface area contributed by atoms with Crippen LogP contribution in [0.25, 0.3) is 5.70 Å². The summed E-state index contributed by atoms with van der Waals surface area (Å²) in [6.45, 7) is 26.7. The number of carboxylic acid groups (broad SMARTS) is 1. The monoisotopic (exact) mass is 819 g/mol. The largest absolute Gasteiger partial charge is 0.494 e. The third kappa shape index (κ3) is 11.5. The first-order chi connectivity index (χ1) is 26.5. The molecule has 1 unspecified atom stereocenters. The summed E-state index contributed by atoms with van der Waals surface area (Å²) >= 11 is 0. The summed E-state index contributed by atoms with van der Waals surface area (Å²) in [6, 6.07) is 14.2. The van der Waals surface area contributed by atoms with E-state index >= 15 is 0 Å². The number of ether oxygens (including phenoxy) is 2. The van der Waals surface area contributed by atoms with Crippen molar-refractivity contribution in [1.29, 1.82) is 0 Å². The Morgan fingerprint density at radius 3 is 1.77 bits per heavy atom. The van der Waals surface area contributed by atoms with Crippen LogP contribution in [0.3, 0.4) is 0 Å². The van der Waals surface area contributed by atoms with E-state index in [1.807, 2.05) is 36.4 Å². The van der Waals surface area contributed by atoms with Crippen LogP contribution in [0, 0.1) is 5.92 Å². The minimum absolute atomic E-state index is 0.0797. The van der Waals surface area contributed by atoms with Gasteiger partial charge in [-0.1, -0.05) is 70.5 Å². The fourth-order valence-corrected chi connectivity index (χ4v) is 8.65. The number of anilines is 2. The lowest BCUT2D eigenvalue weighted by atomic mass is 9.77. The van der Waals surface area contributed by atoms with Crippen LogP contribution in [-0.4, -0.2) is 95.6 Å². The second kappa shape index (κ2) is 17.9. The highest BCUT2D eigenvalue weighted by Gasteiger charge is 2.52. The molecule has 1 fully saturated rings. The van der Waals surface area contributed by atoms with Gasteiger partial charge < -0.3 is 23.9 Å². The van der Waals surface area contributed by atoms with Gasteiger partial charge in [0.05, 0.1) is 16.9 Å². The lowest BCUT2D eigenvalue weighted by molar-refractivity contribution is -0.120. The summed E-state index contributed by atoms with van der Waals surface area (Å²) < 4.78 is 24.0. The molecule has 0 bridgehead atoms. The molecule has 1 N–H and O–H groups in total. The van der Waals surface area contributed by atoms with E-state index in [4.69, 9.17) is 18.8 Å². The molecular formula is C43H66BN3O8Si2. The molecule has 3 amide bonds. The highest BCUT2D eigenvalue weighted by atomic mass is 28.3. The topological polar surface area (TPSA) is 118 Å². The van der Waals surface area contributed by atoms with Crippen molar-refractivity contribution in [3.05, 3.63) is 59.2 Å². The molecule has 2 aromatic rings. The second-order valence-corrected chi connectivity index (χ2v) is 30.7. The molecule has 1 atom stereocenters. The Morgan fingerprint density at radius 1 is 0.789 bits per heavy atom. The average molecular weight is 820 g/mol. The summed E-state index contributed by atoms with van der Waals surface area (Å²) in [4.78, 5) is 41.6. The number of allylic oxidation sites excluding steroid dienone is 1. The number of amides is 3. The van der Waals surface area contributed by atoms with Gasteiger partial charge in [0.1, 0.15) is 13.5 Å². The summed E-state index contributed by atoms with van der Waals surface area (Å²) in [5, 5.41) is 9.60. The lowest BCUT2D eigenvalue weighted by Crippen LogP contribution is -2.41. The number of fused-ring (bicyclic) bond motifs is 2. The zero-order chi connectivity index (χ0) is 41.9.